The zero-order chi connectivity index (χ0) is 6.69. The summed E-state index contributed by atoms with van der Waals surface area (Å²) in [5.41, 5.74) is 0. The Kier molecular flexibility index (Phi) is 2.38. The van der Waals surface area contributed by atoms with Crippen molar-refractivity contribution in [2.75, 3.05) is 0 Å². The van der Waals surface area contributed by atoms with Crippen molar-refractivity contribution in [1.82, 2.24) is 0 Å². The van der Waals surface area contributed by atoms with Crippen molar-refractivity contribution in [3.05, 3.63) is 10.2 Å². The molecule has 0 aromatic rings. The van der Waals surface area contributed by atoms with Crippen molar-refractivity contribution in [3.8, 4) is 0 Å². The summed E-state index contributed by atoms with van der Waals surface area (Å²) in [5, 5.41) is 8.48. The van der Waals surface area contributed by atoms with Crippen LogP contribution in [0.5, 0.6) is 0 Å². The van der Waals surface area contributed by atoms with Crippen LogP contribution in [-0.4, -0.2) is 15.1 Å². The molecule has 1 rings (SSSR count). The van der Waals surface area contributed by atoms with Gasteiger partial charge >= 0.3 is 5.97 Å². The maximum atomic E-state index is 10.3. The molecule has 1 aliphatic heterocycles. The second kappa shape index (κ2) is 3.10. The highest BCUT2D eigenvalue weighted by molar-refractivity contribution is 14.2. The second-order valence-electron chi connectivity index (χ2n) is 1.78. The Hall–Kier alpha value is -0.190. The standard InChI is InChI=1S/C6H7IO2/c8-6(9)5-1-3-7-4-2-5/h1,3-5H,2H2,(H,8,9). The van der Waals surface area contributed by atoms with Crippen LogP contribution >= 0.6 is 20.7 Å². The smallest absolute Gasteiger partial charge is 0.310 e. The number of hydrogen-bond acceptors (Lipinski definition) is 1. The van der Waals surface area contributed by atoms with Gasteiger partial charge in [0.15, 0.2) is 0 Å². The minimum Gasteiger partial charge on any atom is -0.481 e. The van der Waals surface area contributed by atoms with Gasteiger partial charge in [0, 0.05) is 0 Å². The summed E-state index contributed by atoms with van der Waals surface area (Å²) in [5.74, 6) is -0.940. The number of rotatable bonds is 1. The molecule has 1 heterocycles. The van der Waals surface area contributed by atoms with E-state index in [9.17, 15) is 4.79 Å². The van der Waals surface area contributed by atoms with Gasteiger partial charge in [-0.15, -0.1) is 0 Å². The Morgan fingerprint density at radius 3 is 2.89 bits per heavy atom. The minimum absolute atomic E-state index is 0.0931. The van der Waals surface area contributed by atoms with E-state index in [4.69, 9.17) is 5.11 Å². The van der Waals surface area contributed by atoms with Gasteiger partial charge in [0.1, 0.15) is 0 Å². The molecule has 0 aliphatic carbocycles. The molecule has 2 nitrogen and oxygen atoms in total. The zero-order valence-corrected chi connectivity index (χ0v) is 6.91. The summed E-state index contributed by atoms with van der Waals surface area (Å²) in [4.78, 5) is 10.3. The third-order valence-electron chi connectivity index (χ3n) is 1.13. The van der Waals surface area contributed by atoms with Crippen molar-refractivity contribution < 1.29 is 9.90 Å². The lowest BCUT2D eigenvalue weighted by Gasteiger charge is -2.04. The van der Waals surface area contributed by atoms with E-state index >= 15 is 0 Å². The fourth-order valence-electron chi connectivity index (χ4n) is 0.590. The first-order chi connectivity index (χ1) is 4.30. The van der Waals surface area contributed by atoms with Crippen LogP contribution in [0, 0.1) is 5.92 Å². The minimum atomic E-state index is -0.703. The molecular formula is C6H7IO2. The molecule has 3 heteroatoms. The molecule has 1 N–H and O–H groups in total. The van der Waals surface area contributed by atoms with Crippen molar-refractivity contribution >= 4 is 30.7 Å². The van der Waals surface area contributed by atoms with E-state index in [1.165, 1.54) is 0 Å². The Morgan fingerprint density at radius 1 is 1.78 bits per heavy atom. The molecule has 1 aliphatic rings. The van der Waals surface area contributed by atoms with E-state index in [-0.39, 0.29) is 26.6 Å². The average Bonchev–Trinajstić information content (AvgIpc) is 1.90. The van der Waals surface area contributed by atoms with E-state index in [1.54, 1.807) is 6.08 Å². The molecule has 0 fully saturated rings. The van der Waals surface area contributed by atoms with Gasteiger partial charge in [-0.2, -0.15) is 0 Å². The molecule has 1 atom stereocenters. The molecule has 0 saturated heterocycles. The Bertz CT molecular complexity index is 172. The number of carbonyl (C=O) groups is 1. The van der Waals surface area contributed by atoms with Crippen molar-refractivity contribution in [1.29, 1.82) is 0 Å². The third kappa shape index (κ3) is 1.89. The van der Waals surface area contributed by atoms with Gasteiger partial charge in [-0.05, 0) is 14.5 Å². The van der Waals surface area contributed by atoms with E-state index in [0.717, 1.165) is 6.42 Å². The second-order valence-corrected chi connectivity index (χ2v) is 4.10. The third-order valence-corrected chi connectivity index (χ3v) is 2.97. The summed E-state index contributed by atoms with van der Waals surface area (Å²) in [7, 11) is 0. The highest BCUT2D eigenvalue weighted by atomic mass is 127. The monoisotopic (exact) mass is 238 g/mol. The molecule has 1 unspecified atom stereocenters. The molecule has 0 aromatic carbocycles. The van der Waals surface area contributed by atoms with E-state index in [1.807, 2.05) is 4.08 Å². The summed E-state index contributed by atoms with van der Waals surface area (Å²) >= 11 is 0.0931. The Balaban J connectivity index is 2.56. The fourth-order valence-corrected chi connectivity index (χ4v) is 2.47. The van der Waals surface area contributed by atoms with Crippen LogP contribution in [0.25, 0.3) is 0 Å². The lowest BCUT2D eigenvalue weighted by Crippen LogP contribution is -2.11. The number of hydrogen-bond donors (Lipinski definition) is 1. The maximum Gasteiger partial charge on any atom is 0.310 e. The molecule has 0 saturated carbocycles. The highest BCUT2D eigenvalue weighted by Gasteiger charge is 2.12. The van der Waals surface area contributed by atoms with Crippen molar-refractivity contribution in [3.63, 3.8) is 0 Å². The first-order valence-corrected chi connectivity index (χ1v) is 5.13. The van der Waals surface area contributed by atoms with Gasteiger partial charge < -0.3 is 5.11 Å². The number of carboxylic acids is 1. The van der Waals surface area contributed by atoms with Gasteiger partial charge in [0.25, 0.3) is 0 Å². The van der Waals surface area contributed by atoms with Crippen LogP contribution in [0.15, 0.2) is 10.2 Å². The van der Waals surface area contributed by atoms with Gasteiger partial charge in [-0.3, -0.25) is 4.79 Å². The number of aliphatic carboxylic acids is 1. The largest absolute Gasteiger partial charge is 0.481 e. The summed E-state index contributed by atoms with van der Waals surface area (Å²) in [6, 6.07) is 0. The van der Waals surface area contributed by atoms with Crippen LogP contribution in [0.3, 0.4) is 0 Å². The van der Waals surface area contributed by atoms with Crippen molar-refractivity contribution in [2.45, 2.75) is 6.42 Å². The van der Waals surface area contributed by atoms with E-state index < -0.39 is 5.97 Å². The lowest BCUT2D eigenvalue weighted by molar-refractivity contribution is -0.139. The molecule has 0 radical (unpaired) electrons. The van der Waals surface area contributed by atoms with Crippen LogP contribution in [0.4, 0.5) is 0 Å². The van der Waals surface area contributed by atoms with Crippen LogP contribution < -0.4 is 0 Å². The van der Waals surface area contributed by atoms with Gasteiger partial charge in [0.05, 0.1) is 5.92 Å². The van der Waals surface area contributed by atoms with E-state index in [0.29, 0.717) is 0 Å². The predicted octanol–water partition coefficient (Wildman–Crippen LogP) is 1.38. The maximum absolute atomic E-state index is 10.3. The van der Waals surface area contributed by atoms with Crippen LogP contribution in [0.1, 0.15) is 6.42 Å². The van der Waals surface area contributed by atoms with Gasteiger partial charge in [-0.1, -0.05) is 26.8 Å². The molecular weight excluding hydrogens is 231 g/mol. The molecule has 9 heavy (non-hydrogen) atoms. The normalized spacial score (nSPS) is 25.1. The number of halogens is 1. The summed E-state index contributed by atoms with van der Waals surface area (Å²) in [6.45, 7) is 0. The first-order valence-electron chi connectivity index (χ1n) is 2.64. The Morgan fingerprint density at radius 2 is 2.56 bits per heavy atom. The molecule has 50 valence electrons. The average molecular weight is 238 g/mol. The summed E-state index contributed by atoms with van der Waals surface area (Å²) < 4.78 is 4.10. The molecule has 0 bridgehead atoms. The van der Waals surface area contributed by atoms with Crippen molar-refractivity contribution in [2.24, 2.45) is 5.92 Å². The highest BCUT2D eigenvalue weighted by Crippen LogP contribution is 2.14. The van der Waals surface area contributed by atoms with Gasteiger partial charge in [-0.25, -0.2) is 0 Å². The van der Waals surface area contributed by atoms with E-state index in [2.05, 4.69) is 4.01 Å². The zero-order valence-electron chi connectivity index (χ0n) is 4.75. The predicted molar refractivity (Wildman–Crippen MR) is 45.0 cm³/mol. The lowest BCUT2D eigenvalue weighted by atomic mass is 10.1. The first kappa shape index (κ1) is 6.92. The number of carboxylic acid groups (broad SMARTS) is 1. The topological polar surface area (TPSA) is 37.3 Å². The quantitative estimate of drug-likeness (QED) is 0.700. The van der Waals surface area contributed by atoms with Gasteiger partial charge in [0.2, 0.25) is 0 Å². The molecule has 0 spiro atoms. The van der Waals surface area contributed by atoms with Crippen LogP contribution in [0.2, 0.25) is 0 Å². The molecule has 0 aromatic heterocycles. The summed E-state index contributed by atoms with van der Waals surface area (Å²) in [6.07, 6.45) is 2.54. The molecule has 0 amide bonds. The SMILES string of the molecule is O=C(O)C1C=CI=CC1. The fraction of sp³-hybridized carbons (Fsp3) is 0.333. The van der Waals surface area contributed by atoms with Crippen LogP contribution in [-0.2, 0) is 4.79 Å². The Labute approximate surface area is 63.3 Å².